The van der Waals surface area contributed by atoms with Crippen LogP contribution in [0.3, 0.4) is 0 Å². The Bertz CT molecular complexity index is 699. The Kier molecular flexibility index (Phi) is 4.53. The zero-order valence-corrected chi connectivity index (χ0v) is 12.5. The van der Waals surface area contributed by atoms with Gasteiger partial charge >= 0.3 is 4.87 Å². The van der Waals surface area contributed by atoms with Crippen molar-refractivity contribution >= 4 is 32.7 Å². The molecule has 0 unspecified atom stereocenters. The highest BCUT2D eigenvalue weighted by molar-refractivity contribution is 7.91. The Morgan fingerprint density at radius 3 is 2.74 bits per heavy atom. The van der Waals surface area contributed by atoms with Crippen molar-refractivity contribution in [3.8, 4) is 0 Å². The molecule has 0 aliphatic rings. The molecule has 2 rings (SSSR count). The molecule has 0 aliphatic carbocycles. The summed E-state index contributed by atoms with van der Waals surface area (Å²) in [7, 11) is -1.72. The lowest BCUT2D eigenvalue weighted by molar-refractivity contribution is 0.582. The standard InChI is InChI=1S/C10H13N3O3S3/c1-11-5-8-2-3-9(18-8)19(15,16)12-4-7-6-17-10(14)13-7/h2-3,6,11-12H,4-5H2,1H3,(H,13,14). The highest BCUT2D eigenvalue weighted by Crippen LogP contribution is 2.21. The number of thiophene rings is 1. The monoisotopic (exact) mass is 319 g/mol. The number of hydrogen-bond acceptors (Lipinski definition) is 6. The molecule has 2 aromatic rings. The fraction of sp³-hybridized carbons (Fsp3) is 0.300. The Balaban J connectivity index is 2.06. The molecule has 0 aromatic carbocycles. The highest BCUT2D eigenvalue weighted by atomic mass is 32.2. The van der Waals surface area contributed by atoms with Crippen LogP contribution in [0.15, 0.2) is 26.5 Å². The molecule has 0 saturated carbocycles. The molecule has 0 aliphatic heterocycles. The van der Waals surface area contributed by atoms with Gasteiger partial charge in [0.1, 0.15) is 4.21 Å². The molecule has 0 atom stereocenters. The summed E-state index contributed by atoms with van der Waals surface area (Å²) in [6, 6.07) is 3.36. The van der Waals surface area contributed by atoms with Crippen LogP contribution in [0.25, 0.3) is 0 Å². The smallest absolute Gasteiger partial charge is 0.304 e. The molecule has 0 spiro atoms. The molecule has 9 heteroatoms. The zero-order valence-electron chi connectivity index (χ0n) is 10.1. The second-order valence-electron chi connectivity index (χ2n) is 3.75. The predicted octanol–water partition coefficient (Wildman–Crippen LogP) is 0.696. The van der Waals surface area contributed by atoms with Gasteiger partial charge < -0.3 is 10.3 Å². The lowest BCUT2D eigenvalue weighted by Crippen LogP contribution is -2.22. The zero-order chi connectivity index (χ0) is 13.9. The second kappa shape index (κ2) is 5.97. The van der Waals surface area contributed by atoms with E-state index in [9.17, 15) is 13.2 Å². The quantitative estimate of drug-likeness (QED) is 0.731. The summed E-state index contributed by atoms with van der Waals surface area (Å²) in [5, 5.41) is 4.57. The Morgan fingerprint density at radius 1 is 1.32 bits per heavy atom. The average Bonchev–Trinajstić information content (AvgIpc) is 2.97. The van der Waals surface area contributed by atoms with Crippen molar-refractivity contribution in [3.63, 3.8) is 0 Å². The molecule has 2 aromatic heterocycles. The van der Waals surface area contributed by atoms with E-state index in [2.05, 4.69) is 15.0 Å². The van der Waals surface area contributed by atoms with Crippen molar-refractivity contribution in [3.05, 3.63) is 37.8 Å². The average molecular weight is 319 g/mol. The van der Waals surface area contributed by atoms with Crippen molar-refractivity contribution in [2.75, 3.05) is 7.05 Å². The number of H-pyrrole nitrogens is 1. The van der Waals surface area contributed by atoms with Crippen LogP contribution in [-0.2, 0) is 23.1 Å². The third-order valence-electron chi connectivity index (χ3n) is 2.28. The van der Waals surface area contributed by atoms with Gasteiger partial charge in [-0.05, 0) is 19.2 Å². The number of sulfonamides is 1. The van der Waals surface area contributed by atoms with Crippen LogP contribution in [0.5, 0.6) is 0 Å². The van der Waals surface area contributed by atoms with Crippen LogP contribution < -0.4 is 14.9 Å². The van der Waals surface area contributed by atoms with E-state index in [0.29, 0.717) is 12.2 Å². The Morgan fingerprint density at radius 2 is 2.11 bits per heavy atom. The van der Waals surface area contributed by atoms with Gasteiger partial charge in [0.15, 0.2) is 0 Å². The molecule has 0 bridgehead atoms. The summed E-state index contributed by atoms with van der Waals surface area (Å²) in [5.41, 5.74) is 0.561. The SMILES string of the molecule is CNCc1ccc(S(=O)(=O)NCc2csc(=O)[nH]2)s1. The van der Waals surface area contributed by atoms with Crippen molar-refractivity contribution < 1.29 is 8.42 Å². The molecule has 19 heavy (non-hydrogen) atoms. The van der Waals surface area contributed by atoms with Gasteiger partial charge in [-0.1, -0.05) is 11.3 Å². The fourth-order valence-corrected chi connectivity index (χ4v) is 4.42. The predicted molar refractivity (Wildman–Crippen MR) is 76.0 cm³/mol. The van der Waals surface area contributed by atoms with E-state index in [0.717, 1.165) is 16.2 Å². The van der Waals surface area contributed by atoms with Crippen LogP contribution in [0, 0.1) is 0 Å². The van der Waals surface area contributed by atoms with Crippen LogP contribution in [-0.4, -0.2) is 20.4 Å². The van der Waals surface area contributed by atoms with E-state index < -0.39 is 10.0 Å². The molecule has 2 heterocycles. The molecule has 0 fully saturated rings. The number of aromatic amines is 1. The maximum Gasteiger partial charge on any atom is 0.304 e. The molecular formula is C10H13N3O3S3. The highest BCUT2D eigenvalue weighted by Gasteiger charge is 2.16. The van der Waals surface area contributed by atoms with Gasteiger partial charge in [0, 0.05) is 22.5 Å². The van der Waals surface area contributed by atoms with Gasteiger partial charge in [-0.15, -0.1) is 11.3 Å². The van der Waals surface area contributed by atoms with E-state index in [1.54, 1.807) is 24.6 Å². The Hall–Kier alpha value is -1.00. The van der Waals surface area contributed by atoms with Crippen LogP contribution >= 0.6 is 22.7 Å². The van der Waals surface area contributed by atoms with E-state index in [1.165, 1.54) is 11.3 Å². The topological polar surface area (TPSA) is 91.1 Å². The van der Waals surface area contributed by atoms with Crippen LogP contribution in [0.2, 0.25) is 0 Å². The first kappa shape index (κ1) is 14.4. The molecule has 0 amide bonds. The minimum Gasteiger partial charge on any atom is -0.315 e. The number of aromatic nitrogens is 1. The summed E-state index contributed by atoms with van der Waals surface area (Å²) >= 11 is 2.23. The first-order chi connectivity index (χ1) is 9.01. The van der Waals surface area contributed by atoms with Crippen LogP contribution in [0.4, 0.5) is 0 Å². The largest absolute Gasteiger partial charge is 0.315 e. The molecule has 3 N–H and O–H groups in total. The molecule has 6 nitrogen and oxygen atoms in total. The van der Waals surface area contributed by atoms with Gasteiger partial charge in [0.25, 0.3) is 0 Å². The maximum absolute atomic E-state index is 12.0. The molecule has 0 radical (unpaired) electrons. The first-order valence-electron chi connectivity index (χ1n) is 5.41. The summed E-state index contributed by atoms with van der Waals surface area (Å²) in [6.45, 7) is 0.721. The minimum absolute atomic E-state index is 0.0837. The van der Waals surface area contributed by atoms with Gasteiger partial charge in [-0.25, -0.2) is 13.1 Å². The third kappa shape index (κ3) is 3.74. The van der Waals surface area contributed by atoms with Gasteiger partial charge in [-0.2, -0.15) is 0 Å². The number of rotatable bonds is 6. The molecule has 0 saturated heterocycles. The molecular weight excluding hydrogens is 306 g/mol. The maximum atomic E-state index is 12.0. The van der Waals surface area contributed by atoms with Crippen molar-refractivity contribution in [2.24, 2.45) is 0 Å². The van der Waals surface area contributed by atoms with E-state index in [1.807, 2.05) is 0 Å². The van der Waals surface area contributed by atoms with E-state index >= 15 is 0 Å². The van der Waals surface area contributed by atoms with E-state index in [-0.39, 0.29) is 15.6 Å². The van der Waals surface area contributed by atoms with Crippen LogP contribution in [0.1, 0.15) is 10.6 Å². The normalized spacial score (nSPS) is 11.8. The van der Waals surface area contributed by atoms with Gasteiger partial charge in [0.2, 0.25) is 10.0 Å². The third-order valence-corrected chi connectivity index (χ3v) is 5.97. The first-order valence-corrected chi connectivity index (χ1v) is 8.59. The number of thiazole rings is 1. The minimum atomic E-state index is -3.52. The van der Waals surface area contributed by atoms with Crippen molar-refractivity contribution in [1.82, 2.24) is 15.0 Å². The lowest BCUT2D eigenvalue weighted by Gasteiger charge is -2.02. The molecule has 104 valence electrons. The fourth-order valence-electron chi connectivity index (χ4n) is 1.42. The second-order valence-corrected chi connectivity index (χ2v) is 7.75. The summed E-state index contributed by atoms with van der Waals surface area (Å²) in [4.78, 5) is 14.3. The Labute approximate surface area is 118 Å². The lowest BCUT2D eigenvalue weighted by atomic mass is 10.5. The van der Waals surface area contributed by atoms with Crippen molar-refractivity contribution in [2.45, 2.75) is 17.3 Å². The van der Waals surface area contributed by atoms with Gasteiger partial charge in [0.05, 0.1) is 6.54 Å². The summed E-state index contributed by atoms with van der Waals surface area (Å²) < 4.78 is 26.8. The van der Waals surface area contributed by atoms with Crippen molar-refractivity contribution in [1.29, 1.82) is 0 Å². The van der Waals surface area contributed by atoms with E-state index in [4.69, 9.17) is 0 Å². The summed E-state index contributed by atoms with van der Waals surface area (Å²) in [5.74, 6) is 0. The summed E-state index contributed by atoms with van der Waals surface area (Å²) in [6.07, 6.45) is 0. The number of hydrogen-bond donors (Lipinski definition) is 3. The van der Waals surface area contributed by atoms with Gasteiger partial charge in [-0.3, -0.25) is 4.79 Å². The number of nitrogens with one attached hydrogen (secondary N) is 3.